The fraction of sp³-hybridized carbons (Fsp3) is 0.167. The van der Waals surface area contributed by atoms with E-state index in [1.807, 2.05) is 29.8 Å². The van der Waals surface area contributed by atoms with Gasteiger partial charge >= 0.3 is 0 Å². The van der Waals surface area contributed by atoms with Crippen LogP contribution in [0.4, 0.5) is 5.82 Å². The highest BCUT2D eigenvalue weighted by molar-refractivity contribution is 7.09. The lowest BCUT2D eigenvalue weighted by molar-refractivity contribution is 0.856. The molecule has 4 aromatic rings. The van der Waals surface area contributed by atoms with Crippen LogP contribution >= 0.6 is 22.7 Å². The Labute approximate surface area is 148 Å². The fourth-order valence-corrected chi connectivity index (χ4v) is 3.86. The minimum atomic E-state index is 0.783. The van der Waals surface area contributed by atoms with Crippen LogP contribution in [0.3, 0.4) is 0 Å². The van der Waals surface area contributed by atoms with Gasteiger partial charge in [0, 0.05) is 47.9 Å². The highest BCUT2D eigenvalue weighted by atomic mass is 32.1. The Morgan fingerprint density at radius 3 is 2.79 bits per heavy atom. The van der Waals surface area contributed by atoms with Crippen molar-refractivity contribution in [1.82, 2.24) is 15.0 Å². The van der Waals surface area contributed by atoms with Crippen LogP contribution < -0.4 is 4.90 Å². The third kappa shape index (κ3) is 3.02. The molecule has 6 heteroatoms. The van der Waals surface area contributed by atoms with Crippen molar-refractivity contribution in [3.63, 3.8) is 0 Å². The molecule has 24 heavy (non-hydrogen) atoms. The van der Waals surface area contributed by atoms with Crippen molar-refractivity contribution in [2.75, 3.05) is 18.5 Å². The monoisotopic (exact) mass is 352 g/mol. The lowest BCUT2D eigenvalue weighted by Crippen LogP contribution is -2.22. The molecule has 3 heterocycles. The topological polar surface area (TPSA) is 41.9 Å². The molecular formula is C18H16N4S2. The van der Waals surface area contributed by atoms with Crippen LogP contribution in [0, 0.1) is 0 Å². The van der Waals surface area contributed by atoms with Crippen LogP contribution in [0.2, 0.25) is 0 Å². The highest BCUT2D eigenvalue weighted by Crippen LogP contribution is 2.28. The van der Waals surface area contributed by atoms with Crippen LogP contribution in [0.5, 0.6) is 0 Å². The molecule has 0 aliphatic carbocycles. The summed E-state index contributed by atoms with van der Waals surface area (Å²) in [5.74, 6) is 1.75. The van der Waals surface area contributed by atoms with Crippen molar-refractivity contribution < 1.29 is 0 Å². The summed E-state index contributed by atoms with van der Waals surface area (Å²) >= 11 is 3.36. The second-order valence-electron chi connectivity index (χ2n) is 5.50. The number of hydrogen-bond donors (Lipinski definition) is 0. The Bertz CT molecular complexity index is 933. The molecule has 0 saturated heterocycles. The van der Waals surface area contributed by atoms with E-state index in [1.54, 1.807) is 22.7 Å². The van der Waals surface area contributed by atoms with Crippen molar-refractivity contribution in [3.8, 4) is 11.4 Å². The number of nitrogens with zero attached hydrogens (tertiary/aromatic N) is 4. The maximum absolute atomic E-state index is 4.85. The van der Waals surface area contributed by atoms with Crippen molar-refractivity contribution in [2.45, 2.75) is 6.42 Å². The number of aromatic nitrogens is 3. The first kappa shape index (κ1) is 15.2. The maximum atomic E-state index is 4.85. The Kier molecular flexibility index (Phi) is 4.23. The molecule has 0 aliphatic rings. The summed E-state index contributed by atoms with van der Waals surface area (Å²) < 4.78 is 0. The van der Waals surface area contributed by atoms with Gasteiger partial charge in [-0.2, -0.15) is 11.3 Å². The molecule has 0 fully saturated rings. The smallest absolute Gasteiger partial charge is 0.162 e. The van der Waals surface area contributed by atoms with Crippen LogP contribution in [-0.4, -0.2) is 28.5 Å². The van der Waals surface area contributed by atoms with E-state index in [1.165, 1.54) is 0 Å². The minimum Gasteiger partial charge on any atom is -0.359 e. The molecule has 0 atom stereocenters. The highest BCUT2D eigenvalue weighted by Gasteiger charge is 2.13. The molecular weight excluding hydrogens is 336 g/mol. The van der Waals surface area contributed by atoms with Crippen molar-refractivity contribution in [1.29, 1.82) is 0 Å². The van der Waals surface area contributed by atoms with Gasteiger partial charge in [-0.1, -0.05) is 12.1 Å². The second kappa shape index (κ2) is 6.67. The SMILES string of the molecule is CN(CCc1nccs1)c1nc(-c2ccsc2)nc2ccccc12. The summed E-state index contributed by atoms with van der Waals surface area (Å²) in [7, 11) is 2.08. The van der Waals surface area contributed by atoms with E-state index in [0.29, 0.717) is 0 Å². The van der Waals surface area contributed by atoms with Crippen molar-refractivity contribution in [3.05, 3.63) is 57.7 Å². The van der Waals surface area contributed by atoms with E-state index in [9.17, 15) is 0 Å². The van der Waals surface area contributed by atoms with E-state index in [0.717, 1.165) is 46.1 Å². The van der Waals surface area contributed by atoms with E-state index in [2.05, 4.69) is 39.8 Å². The van der Waals surface area contributed by atoms with Crippen LogP contribution in [0.15, 0.2) is 52.7 Å². The molecule has 0 bridgehead atoms. The summed E-state index contributed by atoms with van der Waals surface area (Å²) in [5, 5.41) is 8.39. The summed E-state index contributed by atoms with van der Waals surface area (Å²) in [6, 6.07) is 10.3. The largest absolute Gasteiger partial charge is 0.359 e. The first-order valence-corrected chi connectivity index (χ1v) is 9.52. The van der Waals surface area contributed by atoms with Gasteiger partial charge in [0.2, 0.25) is 0 Å². The van der Waals surface area contributed by atoms with Gasteiger partial charge in [0.25, 0.3) is 0 Å². The molecule has 0 aliphatic heterocycles. The summed E-state index contributed by atoms with van der Waals surface area (Å²) in [5.41, 5.74) is 2.05. The first-order valence-electron chi connectivity index (χ1n) is 7.70. The Hall–Kier alpha value is -2.31. The van der Waals surface area contributed by atoms with Crippen LogP contribution in [-0.2, 0) is 6.42 Å². The van der Waals surface area contributed by atoms with Gasteiger partial charge in [0.05, 0.1) is 10.5 Å². The lowest BCUT2D eigenvalue weighted by atomic mass is 10.2. The molecule has 3 aromatic heterocycles. The van der Waals surface area contributed by atoms with Gasteiger partial charge < -0.3 is 4.90 Å². The first-order chi connectivity index (χ1) is 11.8. The molecule has 0 amide bonds. The predicted molar refractivity (Wildman–Crippen MR) is 102 cm³/mol. The Morgan fingerprint density at radius 1 is 1.08 bits per heavy atom. The van der Waals surface area contributed by atoms with E-state index in [-0.39, 0.29) is 0 Å². The van der Waals surface area contributed by atoms with E-state index >= 15 is 0 Å². The number of thiophene rings is 1. The van der Waals surface area contributed by atoms with Crippen molar-refractivity contribution in [2.24, 2.45) is 0 Å². The number of hydrogen-bond acceptors (Lipinski definition) is 6. The van der Waals surface area contributed by atoms with Gasteiger partial charge in [-0.3, -0.25) is 0 Å². The van der Waals surface area contributed by atoms with Gasteiger partial charge in [0.1, 0.15) is 5.82 Å². The van der Waals surface area contributed by atoms with Crippen LogP contribution in [0.1, 0.15) is 5.01 Å². The molecule has 0 spiro atoms. The molecule has 4 rings (SSSR count). The van der Waals surface area contributed by atoms with Gasteiger partial charge in [0.15, 0.2) is 5.82 Å². The zero-order valence-electron chi connectivity index (χ0n) is 13.2. The Balaban J connectivity index is 1.72. The van der Waals surface area contributed by atoms with E-state index < -0.39 is 0 Å². The van der Waals surface area contributed by atoms with Gasteiger partial charge in [-0.05, 0) is 23.6 Å². The number of rotatable bonds is 5. The minimum absolute atomic E-state index is 0.783. The second-order valence-corrected chi connectivity index (χ2v) is 7.26. The molecule has 0 N–H and O–H groups in total. The quantitative estimate of drug-likeness (QED) is 0.530. The summed E-state index contributed by atoms with van der Waals surface area (Å²) in [6.45, 7) is 0.873. The van der Waals surface area contributed by atoms with Gasteiger partial charge in [-0.25, -0.2) is 15.0 Å². The molecule has 0 unspecified atom stereocenters. The standard InChI is InChI=1S/C18H16N4S2/c1-22(9-6-16-19-8-11-24-16)18-14-4-2-3-5-15(14)20-17(21-18)13-7-10-23-12-13/h2-5,7-8,10-12H,6,9H2,1H3. The van der Waals surface area contributed by atoms with Crippen molar-refractivity contribution >= 4 is 39.4 Å². The average Bonchev–Trinajstić information content (AvgIpc) is 3.32. The summed E-state index contributed by atoms with van der Waals surface area (Å²) in [4.78, 5) is 16.1. The molecule has 120 valence electrons. The van der Waals surface area contributed by atoms with Gasteiger partial charge in [-0.15, -0.1) is 11.3 Å². The number of fused-ring (bicyclic) bond motifs is 1. The molecule has 0 radical (unpaired) electrons. The van der Waals surface area contributed by atoms with Crippen LogP contribution in [0.25, 0.3) is 22.3 Å². The number of benzene rings is 1. The number of anilines is 1. The zero-order chi connectivity index (χ0) is 16.4. The average molecular weight is 352 g/mol. The Morgan fingerprint density at radius 2 is 2.00 bits per heavy atom. The third-order valence-electron chi connectivity index (χ3n) is 3.87. The predicted octanol–water partition coefficient (Wildman–Crippen LogP) is 4.49. The maximum Gasteiger partial charge on any atom is 0.162 e. The van der Waals surface area contributed by atoms with E-state index in [4.69, 9.17) is 9.97 Å². The molecule has 4 nitrogen and oxygen atoms in total. The normalized spacial score (nSPS) is 11.0. The molecule has 1 aromatic carbocycles. The third-order valence-corrected chi connectivity index (χ3v) is 5.39. The summed E-state index contributed by atoms with van der Waals surface area (Å²) in [6.07, 6.45) is 2.77. The molecule has 0 saturated carbocycles. The fourth-order valence-electron chi connectivity index (χ4n) is 2.62. The number of thiazole rings is 1. The number of para-hydroxylation sites is 1. The number of likely N-dealkylation sites (N-methyl/N-ethyl adjacent to an activating group) is 1. The lowest BCUT2D eigenvalue weighted by Gasteiger charge is -2.20. The zero-order valence-corrected chi connectivity index (χ0v) is 14.8.